The number of benzene rings is 2. The van der Waals surface area contributed by atoms with Gasteiger partial charge in [-0.2, -0.15) is 0 Å². The lowest BCUT2D eigenvalue weighted by Gasteiger charge is -2.22. The van der Waals surface area contributed by atoms with Crippen molar-refractivity contribution in [1.82, 2.24) is 0 Å². The third kappa shape index (κ3) is 4.38. The van der Waals surface area contributed by atoms with Gasteiger partial charge in [-0.05, 0) is 12.1 Å². The van der Waals surface area contributed by atoms with E-state index in [1.165, 1.54) is 0 Å². The van der Waals surface area contributed by atoms with Crippen molar-refractivity contribution >= 4 is 35.4 Å². The topological polar surface area (TPSA) is 139 Å². The summed E-state index contributed by atoms with van der Waals surface area (Å²) in [5, 5.41) is 0. The first kappa shape index (κ1) is 22.3. The molecule has 0 heterocycles. The van der Waals surface area contributed by atoms with Crippen molar-refractivity contribution in [1.29, 1.82) is 0 Å². The summed E-state index contributed by atoms with van der Waals surface area (Å²) in [5.74, 6) is -5.40. The highest BCUT2D eigenvalue weighted by atomic mass is 16.6. The van der Waals surface area contributed by atoms with Gasteiger partial charge in [-0.25, -0.2) is 0 Å². The number of hydrogen-bond acceptors (Lipinski definition) is 10. The van der Waals surface area contributed by atoms with E-state index < -0.39 is 35.4 Å². The van der Waals surface area contributed by atoms with Crippen LogP contribution in [0, 0.1) is 0 Å². The van der Waals surface area contributed by atoms with E-state index in [0.717, 1.165) is 52.0 Å². The van der Waals surface area contributed by atoms with Crippen LogP contribution in [0.3, 0.4) is 0 Å². The third-order valence-corrected chi connectivity index (χ3v) is 4.13. The van der Waals surface area contributed by atoms with Gasteiger partial charge in [0.25, 0.3) is 0 Å². The third-order valence-electron chi connectivity index (χ3n) is 4.13. The summed E-state index contributed by atoms with van der Waals surface area (Å²) < 4.78 is 20.2. The van der Waals surface area contributed by atoms with Crippen LogP contribution in [0.15, 0.2) is 24.3 Å². The molecule has 3 rings (SSSR count). The van der Waals surface area contributed by atoms with Gasteiger partial charge in [-0.1, -0.05) is 0 Å². The molecule has 0 amide bonds. The second-order valence-electron chi connectivity index (χ2n) is 6.72. The summed E-state index contributed by atoms with van der Waals surface area (Å²) in [6.07, 6.45) is 0. The molecule has 0 radical (unpaired) electrons. The average Bonchev–Trinajstić information content (AvgIpc) is 2.63. The molecule has 2 aromatic carbocycles. The van der Waals surface area contributed by atoms with Gasteiger partial charge in [-0.3, -0.25) is 28.8 Å². The summed E-state index contributed by atoms with van der Waals surface area (Å²) in [7, 11) is 0. The van der Waals surface area contributed by atoms with E-state index in [2.05, 4.69) is 0 Å². The zero-order valence-corrected chi connectivity index (χ0v) is 17.4. The SMILES string of the molecule is CC(=O)Oc1cc(OC(C)=O)c2c(c1)C(=O)c1cc(OC(C)=O)cc(OC(C)=O)c1C2=O. The van der Waals surface area contributed by atoms with Crippen molar-refractivity contribution < 1.29 is 47.7 Å². The van der Waals surface area contributed by atoms with Crippen LogP contribution >= 0.6 is 0 Å². The van der Waals surface area contributed by atoms with E-state index in [4.69, 9.17) is 18.9 Å². The smallest absolute Gasteiger partial charge is 0.308 e. The lowest BCUT2D eigenvalue weighted by molar-refractivity contribution is -0.133. The normalized spacial score (nSPS) is 11.8. The fourth-order valence-electron chi connectivity index (χ4n) is 3.20. The quantitative estimate of drug-likeness (QED) is 0.438. The highest BCUT2D eigenvalue weighted by Gasteiger charge is 2.37. The van der Waals surface area contributed by atoms with Gasteiger partial charge in [0.2, 0.25) is 5.78 Å². The number of esters is 4. The van der Waals surface area contributed by atoms with Gasteiger partial charge in [-0.15, -0.1) is 0 Å². The summed E-state index contributed by atoms with van der Waals surface area (Å²) in [6, 6.07) is 4.54. The van der Waals surface area contributed by atoms with Crippen molar-refractivity contribution in [3.05, 3.63) is 46.5 Å². The Bertz CT molecular complexity index is 1130. The Morgan fingerprint density at radius 1 is 0.531 bits per heavy atom. The van der Waals surface area contributed by atoms with E-state index in [9.17, 15) is 28.8 Å². The summed E-state index contributed by atoms with van der Waals surface area (Å²) in [4.78, 5) is 72.6. The molecule has 0 bridgehead atoms. The van der Waals surface area contributed by atoms with Crippen LogP contribution in [0.4, 0.5) is 0 Å². The zero-order chi connectivity index (χ0) is 23.7. The molecule has 0 N–H and O–H groups in total. The Morgan fingerprint density at radius 2 is 0.875 bits per heavy atom. The van der Waals surface area contributed by atoms with Gasteiger partial charge < -0.3 is 18.9 Å². The largest absolute Gasteiger partial charge is 0.427 e. The van der Waals surface area contributed by atoms with Crippen molar-refractivity contribution in [2.45, 2.75) is 27.7 Å². The minimum atomic E-state index is -0.788. The molecular formula is C22H16O10. The number of carbonyl (C=O) groups is 6. The molecular weight excluding hydrogens is 424 g/mol. The molecule has 0 atom stereocenters. The van der Waals surface area contributed by atoms with Gasteiger partial charge in [0, 0.05) is 51.0 Å². The van der Waals surface area contributed by atoms with Crippen molar-refractivity contribution in [2.75, 3.05) is 0 Å². The first-order chi connectivity index (χ1) is 15.0. The van der Waals surface area contributed by atoms with E-state index in [1.54, 1.807) is 0 Å². The summed E-state index contributed by atoms with van der Waals surface area (Å²) in [5.41, 5.74) is -0.984. The lowest BCUT2D eigenvalue weighted by atomic mass is 9.82. The Balaban J connectivity index is 2.30. The molecule has 1 aliphatic carbocycles. The average molecular weight is 440 g/mol. The molecule has 32 heavy (non-hydrogen) atoms. The van der Waals surface area contributed by atoms with Crippen LogP contribution in [-0.2, 0) is 19.2 Å². The molecule has 0 saturated carbocycles. The number of carbonyl (C=O) groups excluding carboxylic acids is 6. The lowest BCUT2D eigenvalue weighted by Crippen LogP contribution is -2.24. The van der Waals surface area contributed by atoms with E-state index in [-0.39, 0.29) is 45.3 Å². The number of hydrogen-bond donors (Lipinski definition) is 0. The van der Waals surface area contributed by atoms with Crippen molar-refractivity contribution in [2.24, 2.45) is 0 Å². The zero-order valence-electron chi connectivity index (χ0n) is 17.4. The molecule has 0 spiro atoms. The standard InChI is InChI=1S/C22H16O10/c1-9(23)29-13-5-15-19(17(7-13)31-11(3)25)22(28)20-16(21(15)27)6-14(30-10(2)24)8-18(20)32-12(4)26/h5-8H,1-4H3. The molecule has 0 unspecified atom stereocenters. The Kier molecular flexibility index (Phi) is 5.88. The van der Waals surface area contributed by atoms with Crippen molar-refractivity contribution in [3.63, 3.8) is 0 Å². The molecule has 0 saturated heterocycles. The minimum absolute atomic E-state index is 0.131. The van der Waals surface area contributed by atoms with Gasteiger partial charge >= 0.3 is 23.9 Å². The second-order valence-corrected chi connectivity index (χ2v) is 6.72. The molecule has 2 aromatic rings. The maximum atomic E-state index is 13.4. The van der Waals surface area contributed by atoms with Crippen LogP contribution in [-0.4, -0.2) is 35.4 Å². The second kappa shape index (κ2) is 8.42. The van der Waals surface area contributed by atoms with Crippen molar-refractivity contribution in [3.8, 4) is 23.0 Å². The highest BCUT2D eigenvalue weighted by molar-refractivity contribution is 6.30. The molecule has 164 valence electrons. The van der Waals surface area contributed by atoms with Crippen LogP contribution in [0.5, 0.6) is 23.0 Å². The predicted octanol–water partition coefficient (Wildman–Crippen LogP) is 2.16. The fourth-order valence-corrected chi connectivity index (χ4v) is 3.20. The fraction of sp³-hybridized carbons (Fsp3) is 0.182. The van der Waals surface area contributed by atoms with Gasteiger partial charge in [0.15, 0.2) is 5.78 Å². The molecule has 0 aromatic heterocycles. The van der Waals surface area contributed by atoms with Crippen LogP contribution in [0.25, 0.3) is 0 Å². The molecule has 10 nitrogen and oxygen atoms in total. The number of ether oxygens (including phenoxy) is 4. The Labute approximate surface area is 181 Å². The van der Waals surface area contributed by atoms with E-state index in [0.29, 0.717) is 0 Å². The van der Waals surface area contributed by atoms with Crippen LogP contribution in [0.2, 0.25) is 0 Å². The number of fused-ring (bicyclic) bond motifs is 2. The summed E-state index contributed by atoms with van der Waals surface area (Å²) >= 11 is 0. The first-order valence-electron chi connectivity index (χ1n) is 9.17. The first-order valence-corrected chi connectivity index (χ1v) is 9.17. The van der Waals surface area contributed by atoms with E-state index >= 15 is 0 Å². The number of ketones is 2. The van der Waals surface area contributed by atoms with Crippen LogP contribution in [0.1, 0.15) is 59.5 Å². The van der Waals surface area contributed by atoms with Gasteiger partial charge in [0.1, 0.15) is 23.0 Å². The molecule has 10 heteroatoms. The minimum Gasteiger partial charge on any atom is -0.427 e. The molecule has 1 aliphatic rings. The Hall–Kier alpha value is -4.34. The molecule has 0 aliphatic heterocycles. The van der Waals surface area contributed by atoms with Crippen LogP contribution < -0.4 is 18.9 Å². The maximum Gasteiger partial charge on any atom is 0.308 e. The summed E-state index contributed by atoms with van der Waals surface area (Å²) in [6.45, 7) is 4.43. The van der Waals surface area contributed by atoms with E-state index in [1.807, 2.05) is 0 Å². The maximum absolute atomic E-state index is 13.4. The Morgan fingerprint density at radius 3 is 1.19 bits per heavy atom. The predicted molar refractivity (Wildman–Crippen MR) is 105 cm³/mol. The highest BCUT2D eigenvalue weighted by Crippen LogP contribution is 2.41. The monoisotopic (exact) mass is 440 g/mol. The van der Waals surface area contributed by atoms with Gasteiger partial charge in [0.05, 0.1) is 11.1 Å². The number of rotatable bonds is 4. The molecule has 0 fully saturated rings.